The molecule has 94 valence electrons. The zero-order valence-electron chi connectivity index (χ0n) is 10.1. The molecule has 0 spiro atoms. The Morgan fingerprint density at radius 1 is 0.895 bits per heavy atom. The van der Waals surface area contributed by atoms with Gasteiger partial charge in [0.05, 0.1) is 10.7 Å². The number of carbonyl (C=O) groups is 2. The number of fused-ring (bicyclic) bond motifs is 2. The first-order chi connectivity index (χ1) is 9.13. The van der Waals surface area contributed by atoms with Crippen LogP contribution in [0, 0.1) is 3.57 Å². The maximum Gasteiger partial charge on any atom is 0.194 e. The molecule has 1 aliphatic carbocycles. The van der Waals surface area contributed by atoms with Gasteiger partial charge >= 0.3 is 0 Å². The van der Waals surface area contributed by atoms with Crippen LogP contribution in [0.1, 0.15) is 31.8 Å². The number of halogens is 1. The van der Waals surface area contributed by atoms with Gasteiger partial charge in [-0.25, -0.2) is 0 Å². The van der Waals surface area contributed by atoms with Gasteiger partial charge < -0.3 is 4.74 Å². The SMILES string of the molecule is COc1cc2c(cc1I)C(=O)c1ccccc1C2=O. The molecule has 1 aliphatic rings. The Kier molecular flexibility index (Phi) is 2.89. The van der Waals surface area contributed by atoms with E-state index in [-0.39, 0.29) is 11.6 Å². The van der Waals surface area contributed by atoms with Crippen molar-refractivity contribution in [1.82, 2.24) is 0 Å². The molecule has 0 atom stereocenters. The standard InChI is InChI=1S/C15H9IO3/c1-19-13-7-11-10(6-12(13)16)14(17)8-4-2-3-5-9(8)15(11)18/h2-7H,1H3. The molecule has 0 heterocycles. The Balaban J connectivity index is 2.30. The van der Waals surface area contributed by atoms with Crippen molar-refractivity contribution < 1.29 is 14.3 Å². The number of ketones is 2. The van der Waals surface area contributed by atoms with Crippen LogP contribution in [-0.4, -0.2) is 18.7 Å². The van der Waals surface area contributed by atoms with E-state index in [4.69, 9.17) is 4.74 Å². The molecule has 4 heteroatoms. The summed E-state index contributed by atoms with van der Waals surface area (Å²) in [6, 6.07) is 10.3. The van der Waals surface area contributed by atoms with Gasteiger partial charge in [0.25, 0.3) is 0 Å². The Morgan fingerprint density at radius 3 is 1.95 bits per heavy atom. The largest absolute Gasteiger partial charge is 0.496 e. The number of hydrogen-bond acceptors (Lipinski definition) is 3. The van der Waals surface area contributed by atoms with Crippen molar-refractivity contribution in [2.24, 2.45) is 0 Å². The summed E-state index contributed by atoms with van der Waals surface area (Å²) in [5, 5.41) is 0. The van der Waals surface area contributed by atoms with E-state index in [1.165, 1.54) is 0 Å². The molecule has 2 aromatic rings. The number of ether oxygens (including phenoxy) is 1. The van der Waals surface area contributed by atoms with Gasteiger partial charge in [-0.15, -0.1) is 0 Å². The molecule has 0 unspecified atom stereocenters. The predicted molar refractivity (Wildman–Crippen MR) is 79.0 cm³/mol. The van der Waals surface area contributed by atoms with Crippen LogP contribution in [0.15, 0.2) is 36.4 Å². The molecule has 2 aromatic carbocycles. The first-order valence-electron chi connectivity index (χ1n) is 5.69. The highest BCUT2D eigenvalue weighted by molar-refractivity contribution is 14.1. The maximum atomic E-state index is 12.4. The molecule has 0 aromatic heterocycles. The van der Waals surface area contributed by atoms with Gasteiger partial charge in [0.15, 0.2) is 11.6 Å². The van der Waals surface area contributed by atoms with Crippen molar-refractivity contribution in [1.29, 1.82) is 0 Å². The lowest BCUT2D eigenvalue weighted by molar-refractivity contribution is 0.0978. The van der Waals surface area contributed by atoms with Crippen molar-refractivity contribution in [3.63, 3.8) is 0 Å². The highest BCUT2D eigenvalue weighted by Crippen LogP contribution is 2.32. The minimum atomic E-state index is -0.125. The maximum absolute atomic E-state index is 12.4. The van der Waals surface area contributed by atoms with Gasteiger partial charge in [0.2, 0.25) is 0 Å². The summed E-state index contributed by atoms with van der Waals surface area (Å²) in [6.07, 6.45) is 0. The van der Waals surface area contributed by atoms with E-state index < -0.39 is 0 Å². The molecule has 19 heavy (non-hydrogen) atoms. The second kappa shape index (κ2) is 4.45. The van der Waals surface area contributed by atoms with E-state index in [2.05, 4.69) is 22.6 Å². The van der Waals surface area contributed by atoms with Crippen LogP contribution in [-0.2, 0) is 0 Å². The molecule has 0 radical (unpaired) electrons. The van der Waals surface area contributed by atoms with Gasteiger partial charge in [-0.2, -0.15) is 0 Å². The van der Waals surface area contributed by atoms with Crippen LogP contribution in [0.25, 0.3) is 0 Å². The second-order valence-electron chi connectivity index (χ2n) is 4.24. The Labute approximate surface area is 123 Å². The fourth-order valence-electron chi connectivity index (χ4n) is 2.25. The van der Waals surface area contributed by atoms with Crippen molar-refractivity contribution >= 4 is 34.2 Å². The lowest BCUT2D eigenvalue weighted by Crippen LogP contribution is -2.21. The van der Waals surface area contributed by atoms with Gasteiger partial charge in [0, 0.05) is 22.3 Å². The summed E-state index contributed by atoms with van der Waals surface area (Å²) >= 11 is 2.09. The van der Waals surface area contributed by atoms with E-state index >= 15 is 0 Å². The average molecular weight is 364 g/mol. The van der Waals surface area contributed by atoms with E-state index in [9.17, 15) is 9.59 Å². The second-order valence-corrected chi connectivity index (χ2v) is 5.40. The van der Waals surface area contributed by atoms with Crippen molar-refractivity contribution in [2.75, 3.05) is 7.11 Å². The van der Waals surface area contributed by atoms with E-state index in [0.29, 0.717) is 28.0 Å². The van der Waals surface area contributed by atoms with E-state index in [1.807, 2.05) is 0 Å². The molecule has 0 saturated heterocycles. The molecule has 3 nitrogen and oxygen atoms in total. The average Bonchev–Trinajstić information content (AvgIpc) is 2.44. The first kappa shape index (κ1) is 12.3. The quantitative estimate of drug-likeness (QED) is 0.624. The Bertz CT molecular complexity index is 719. The highest BCUT2D eigenvalue weighted by atomic mass is 127. The molecule has 0 aliphatic heterocycles. The van der Waals surface area contributed by atoms with E-state index in [0.717, 1.165) is 3.57 Å². The third kappa shape index (κ3) is 1.78. The summed E-state index contributed by atoms with van der Waals surface area (Å²) in [6.45, 7) is 0. The Hall–Kier alpha value is -1.69. The molecule has 3 rings (SSSR count). The number of hydrogen-bond donors (Lipinski definition) is 0. The summed E-state index contributed by atoms with van der Waals surface area (Å²) in [4.78, 5) is 24.8. The third-order valence-corrected chi connectivity index (χ3v) is 4.04. The third-order valence-electron chi connectivity index (χ3n) is 3.20. The van der Waals surface area contributed by atoms with E-state index in [1.54, 1.807) is 43.5 Å². The normalized spacial score (nSPS) is 12.9. The lowest BCUT2D eigenvalue weighted by Gasteiger charge is -2.18. The molecule has 0 N–H and O–H groups in total. The van der Waals surface area contributed by atoms with Gasteiger partial charge in [-0.1, -0.05) is 24.3 Å². The minimum absolute atomic E-state index is 0.106. The molecular formula is C15H9IO3. The van der Waals surface area contributed by atoms with Crippen LogP contribution >= 0.6 is 22.6 Å². The lowest BCUT2D eigenvalue weighted by atomic mass is 9.84. The number of carbonyl (C=O) groups excluding carboxylic acids is 2. The Morgan fingerprint density at radius 2 is 1.42 bits per heavy atom. The molecule has 0 saturated carbocycles. The van der Waals surface area contributed by atoms with Crippen LogP contribution in [0.3, 0.4) is 0 Å². The van der Waals surface area contributed by atoms with Gasteiger partial charge in [-0.3, -0.25) is 9.59 Å². The van der Waals surface area contributed by atoms with Crippen molar-refractivity contribution in [3.05, 3.63) is 62.2 Å². The molecule has 0 amide bonds. The monoisotopic (exact) mass is 364 g/mol. The summed E-state index contributed by atoms with van der Waals surface area (Å²) < 4.78 is 6.03. The van der Waals surface area contributed by atoms with Crippen LogP contribution in [0.2, 0.25) is 0 Å². The zero-order valence-corrected chi connectivity index (χ0v) is 12.2. The summed E-state index contributed by atoms with van der Waals surface area (Å²) in [5.41, 5.74) is 1.80. The van der Waals surface area contributed by atoms with Crippen LogP contribution in [0.4, 0.5) is 0 Å². The molecule has 0 fully saturated rings. The van der Waals surface area contributed by atoms with Crippen molar-refractivity contribution in [3.8, 4) is 5.75 Å². The number of rotatable bonds is 1. The summed E-state index contributed by atoms with van der Waals surface area (Å²) in [7, 11) is 1.55. The fraction of sp³-hybridized carbons (Fsp3) is 0.0667. The zero-order chi connectivity index (χ0) is 13.6. The first-order valence-corrected chi connectivity index (χ1v) is 6.77. The summed E-state index contributed by atoms with van der Waals surface area (Å²) in [5.74, 6) is 0.380. The highest BCUT2D eigenvalue weighted by Gasteiger charge is 2.30. The number of methoxy groups -OCH3 is 1. The fourth-order valence-corrected chi connectivity index (χ4v) is 2.94. The number of benzene rings is 2. The van der Waals surface area contributed by atoms with Gasteiger partial charge in [0.1, 0.15) is 5.75 Å². The minimum Gasteiger partial charge on any atom is -0.496 e. The van der Waals surface area contributed by atoms with Crippen molar-refractivity contribution in [2.45, 2.75) is 0 Å². The van der Waals surface area contributed by atoms with Crippen LogP contribution < -0.4 is 4.74 Å². The van der Waals surface area contributed by atoms with Crippen LogP contribution in [0.5, 0.6) is 5.75 Å². The smallest absolute Gasteiger partial charge is 0.194 e. The topological polar surface area (TPSA) is 43.4 Å². The molecule has 0 bridgehead atoms. The predicted octanol–water partition coefficient (Wildman–Crippen LogP) is 3.08. The van der Waals surface area contributed by atoms with Gasteiger partial charge in [-0.05, 0) is 34.7 Å². The molecular weight excluding hydrogens is 355 g/mol.